The lowest BCUT2D eigenvalue weighted by atomic mass is 9.98. The van der Waals surface area contributed by atoms with E-state index in [1.807, 2.05) is 0 Å². The molecule has 21 heavy (non-hydrogen) atoms. The summed E-state index contributed by atoms with van der Waals surface area (Å²) in [5.74, 6) is 0.758. The van der Waals surface area contributed by atoms with Crippen LogP contribution in [-0.4, -0.2) is 43.2 Å². The van der Waals surface area contributed by atoms with Gasteiger partial charge < -0.3 is 15.4 Å². The van der Waals surface area contributed by atoms with Gasteiger partial charge in [0.2, 0.25) is 0 Å². The minimum absolute atomic E-state index is 0.548. The molecule has 0 spiro atoms. The van der Waals surface area contributed by atoms with Crippen LogP contribution in [0.2, 0.25) is 0 Å². The molecule has 0 aromatic heterocycles. The Morgan fingerprint density at radius 2 is 1.67 bits per heavy atom. The minimum Gasteiger partial charge on any atom is -0.378 e. The summed E-state index contributed by atoms with van der Waals surface area (Å²) in [5.41, 5.74) is 6.04. The molecule has 1 saturated heterocycles. The van der Waals surface area contributed by atoms with Crippen molar-refractivity contribution in [2.75, 3.05) is 26.2 Å². The van der Waals surface area contributed by atoms with Gasteiger partial charge in [-0.15, -0.1) is 0 Å². The average Bonchev–Trinajstić information content (AvgIpc) is 2.55. The maximum absolute atomic E-state index is 6.04. The highest BCUT2D eigenvalue weighted by Gasteiger charge is 2.13. The third-order valence-corrected chi connectivity index (χ3v) is 4.66. The van der Waals surface area contributed by atoms with Crippen LogP contribution in [0.25, 0.3) is 0 Å². The lowest BCUT2D eigenvalue weighted by molar-refractivity contribution is 0.0264. The Kier molecular flexibility index (Phi) is 7.94. The van der Waals surface area contributed by atoms with Gasteiger partial charge in [0.05, 0.1) is 6.10 Å². The van der Waals surface area contributed by atoms with Gasteiger partial charge in [0.1, 0.15) is 0 Å². The summed E-state index contributed by atoms with van der Waals surface area (Å²) in [7, 11) is 0. The van der Waals surface area contributed by atoms with Crippen LogP contribution < -0.4 is 5.73 Å². The Labute approximate surface area is 130 Å². The fourth-order valence-corrected chi connectivity index (χ4v) is 3.29. The van der Waals surface area contributed by atoms with Crippen molar-refractivity contribution in [2.45, 2.75) is 76.7 Å². The van der Waals surface area contributed by atoms with E-state index in [9.17, 15) is 0 Å². The van der Waals surface area contributed by atoms with Crippen LogP contribution in [0.5, 0.6) is 0 Å². The molecule has 4 heteroatoms. The third-order valence-electron chi connectivity index (χ3n) is 4.66. The maximum Gasteiger partial charge on any atom is 0.191 e. The first-order valence-corrected chi connectivity index (χ1v) is 9.03. The van der Waals surface area contributed by atoms with Gasteiger partial charge >= 0.3 is 0 Å². The van der Waals surface area contributed by atoms with Crippen molar-refractivity contribution < 1.29 is 4.74 Å². The van der Waals surface area contributed by atoms with E-state index in [1.165, 1.54) is 57.8 Å². The Balaban J connectivity index is 1.45. The number of nitrogens with two attached hydrogens (primary N) is 1. The molecule has 1 saturated carbocycles. The van der Waals surface area contributed by atoms with Gasteiger partial charge in [0, 0.05) is 26.2 Å². The van der Waals surface area contributed by atoms with E-state index >= 15 is 0 Å². The van der Waals surface area contributed by atoms with E-state index in [-0.39, 0.29) is 0 Å². The van der Waals surface area contributed by atoms with Crippen molar-refractivity contribution in [3.63, 3.8) is 0 Å². The number of hydrogen-bond donors (Lipinski definition) is 1. The van der Waals surface area contributed by atoms with Gasteiger partial charge in [0.15, 0.2) is 5.96 Å². The first-order valence-electron chi connectivity index (χ1n) is 9.03. The second kappa shape index (κ2) is 10.0. The molecular formula is C17H33N3O. The lowest BCUT2D eigenvalue weighted by Gasteiger charge is -2.27. The number of nitrogens with zero attached hydrogens (tertiary/aromatic N) is 2. The highest BCUT2D eigenvalue weighted by molar-refractivity contribution is 5.78. The highest BCUT2D eigenvalue weighted by atomic mass is 16.5. The van der Waals surface area contributed by atoms with Crippen molar-refractivity contribution in [3.8, 4) is 0 Å². The number of guanidine groups is 1. The molecule has 1 aliphatic heterocycles. The normalized spacial score (nSPS) is 21.7. The number of hydrogen-bond acceptors (Lipinski definition) is 2. The van der Waals surface area contributed by atoms with Gasteiger partial charge in [-0.25, -0.2) is 0 Å². The summed E-state index contributed by atoms with van der Waals surface area (Å²) < 4.78 is 5.94. The molecule has 2 fully saturated rings. The number of piperidine rings is 1. The fraction of sp³-hybridized carbons (Fsp3) is 0.941. The van der Waals surface area contributed by atoms with E-state index in [0.717, 1.165) is 45.0 Å². The van der Waals surface area contributed by atoms with Crippen LogP contribution in [0.4, 0.5) is 0 Å². The van der Waals surface area contributed by atoms with E-state index < -0.39 is 0 Å². The molecule has 0 aromatic rings. The van der Waals surface area contributed by atoms with E-state index in [4.69, 9.17) is 10.5 Å². The SMILES string of the molecule is NC(=NCCCCCOC1CCCCC1)N1CCCCC1. The summed E-state index contributed by atoms with van der Waals surface area (Å²) in [6.07, 6.45) is 14.6. The molecule has 1 aliphatic carbocycles. The number of aliphatic imine (C=N–C) groups is 1. The number of ether oxygens (including phenoxy) is 1. The Morgan fingerprint density at radius 3 is 2.43 bits per heavy atom. The van der Waals surface area contributed by atoms with E-state index in [0.29, 0.717) is 6.10 Å². The topological polar surface area (TPSA) is 50.9 Å². The monoisotopic (exact) mass is 295 g/mol. The summed E-state index contributed by atoms with van der Waals surface area (Å²) in [5, 5.41) is 0. The first kappa shape index (κ1) is 16.6. The van der Waals surface area contributed by atoms with Crippen molar-refractivity contribution in [2.24, 2.45) is 10.7 Å². The van der Waals surface area contributed by atoms with Crippen LogP contribution >= 0.6 is 0 Å². The zero-order valence-corrected chi connectivity index (χ0v) is 13.6. The quantitative estimate of drug-likeness (QED) is 0.445. The maximum atomic E-state index is 6.04. The molecule has 0 bridgehead atoms. The fourth-order valence-electron chi connectivity index (χ4n) is 3.29. The summed E-state index contributed by atoms with van der Waals surface area (Å²) >= 11 is 0. The minimum atomic E-state index is 0.548. The third kappa shape index (κ3) is 6.68. The van der Waals surface area contributed by atoms with Crippen LogP contribution in [0.3, 0.4) is 0 Å². The van der Waals surface area contributed by atoms with Crippen molar-refractivity contribution >= 4 is 5.96 Å². The summed E-state index contributed by atoms with van der Waals surface area (Å²) in [6, 6.07) is 0. The molecular weight excluding hydrogens is 262 g/mol. The average molecular weight is 295 g/mol. The van der Waals surface area contributed by atoms with Crippen LogP contribution in [-0.2, 0) is 4.74 Å². The van der Waals surface area contributed by atoms with E-state index in [2.05, 4.69) is 9.89 Å². The van der Waals surface area contributed by atoms with Crippen LogP contribution in [0.1, 0.15) is 70.6 Å². The number of unbranched alkanes of at least 4 members (excludes halogenated alkanes) is 2. The second-order valence-electron chi connectivity index (χ2n) is 6.48. The summed E-state index contributed by atoms with van der Waals surface area (Å²) in [6.45, 7) is 3.97. The van der Waals surface area contributed by atoms with Gasteiger partial charge in [-0.05, 0) is 51.4 Å². The lowest BCUT2D eigenvalue weighted by Crippen LogP contribution is -2.40. The molecule has 0 aromatic carbocycles. The van der Waals surface area contributed by atoms with Crippen molar-refractivity contribution in [1.29, 1.82) is 0 Å². The van der Waals surface area contributed by atoms with Crippen molar-refractivity contribution in [1.82, 2.24) is 4.90 Å². The molecule has 2 N–H and O–H groups in total. The molecule has 2 aliphatic rings. The van der Waals surface area contributed by atoms with Gasteiger partial charge in [-0.1, -0.05) is 19.3 Å². The molecule has 4 nitrogen and oxygen atoms in total. The molecule has 0 amide bonds. The standard InChI is InChI=1S/C17H33N3O/c18-17(20-13-7-3-8-14-20)19-12-6-2-9-15-21-16-10-4-1-5-11-16/h16H,1-15H2,(H2,18,19). The smallest absolute Gasteiger partial charge is 0.191 e. The van der Waals surface area contributed by atoms with Gasteiger partial charge in [-0.2, -0.15) is 0 Å². The summed E-state index contributed by atoms with van der Waals surface area (Å²) in [4.78, 5) is 6.75. The zero-order chi connectivity index (χ0) is 14.8. The highest BCUT2D eigenvalue weighted by Crippen LogP contribution is 2.20. The molecule has 0 radical (unpaired) electrons. The van der Waals surface area contributed by atoms with Crippen LogP contribution in [0.15, 0.2) is 4.99 Å². The van der Waals surface area contributed by atoms with Gasteiger partial charge in [-0.3, -0.25) is 4.99 Å². The number of rotatable bonds is 7. The number of likely N-dealkylation sites (tertiary alicyclic amines) is 1. The predicted molar refractivity (Wildman–Crippen MR) is 88.6 cm³/mol. The molecule has 0 unspecified atom stereocenters. The Hall–Kier alpha value is -0.770. The molecule has 0 atom stereocenters. The molecule has 1 heterocycles. The Bertz CT molecular complexity index is 294. The predicted octanol–water partition coefficient (Wildman–Crippen LogP) is 3.31. The molecule has 2 rings (SSSR count). The van der Waals surface area contributed by atoms with Crippen molar-refractivity contribution in [3.05, 3.63) is 0 Å². The first-order chi connectivity index (χ1) is 10.4. The second-order valence-corrected chi connectivity index (χ2v) is 6.48. The van der Waals surface area contributed by atoms with Crippen LogP contribution in [0, 0.1) is 0 Å². The van der Waals surface area contributed by atoms with E-state index in [1.54, 1.807) is 0 Å². The largest absolute Gasteiger partial charge is 0.378 e. The molecule has 122 valence electrons. The Morgan fingerprint density at radius 1 is 0.952 bits per heavy atom. The zero-order valence-electron chi connectivity index (χ0n) is 13.6. The van der Waals surface area contributed by atoms with Gasteiger partial charge in [0.25, 0.3) is 0 Å².